The summed E-state index contributed by atoms with van der Waals surface area (Å²) in [5.74, 6) is 0.418. The van der Waals surface area contributed by atoms with Crippen LogP contribution in [0.2, 0.25) is 0 Å². The van der Waals surface area contributed by atoms with E-state index in [1.165, 1.54) is 0 Å². The van der Waals surface area contributed by atoms with Crippen LogP contribution in [0, 0.1) is 5.41 Å². The van der Waals surface area contributed by atoms with Crippen molar-refractivity contribution in [2.75, 3.05) is 7.05 Å². The van der Waals surface area contributed by atoms with Crippen molar-refractivity contribution in [3.8, 4) is 0 Å². The van der Waals surface area contributed by atoms with Gasteiger partial charge in [-0.2, -0.15) is 0 Å². The third-order valence-corrected chi connectivity index (χ3v) is 3.48. The van der Waals surface area contributed by atoms with Gasteiger partial charge in [-0.1, -0.05) is 13.0 Å². The quantitative estimate of drug-likeness (QED) is 0.437. The maximum Gasteiger partial charge on any atom is 0.273 e. The molecule has 1 heterocycles. The number of nitrogens with one attached hydrogen (secondary N) is 4. The van der Waals surface area contributed by atoms with Crippen LogP contribution in [-0.4, -0.2) is 24.2 Å². The van der Waals surface area contributed by atoms with E-state index in [4.69, 9.17) is 5.41 Å². The Kier molecular flexibility index (Phi) is 7.53. The van der Waals surface area contributed by atoms with Crippen LogP contribution in [0.25, 0.3) is 0 Å². The van der Waals surface area contributed by atoms with Gasteiger partial charge in [0.15, 0.2) is 0 Å². The van der Waals surface area contributed by atoms with Crippen LogP contribution >= 0.6 is 0 Å². The van der Waals surface area contributed by atoms with Crippen LogP contribution < -0.4 is 16.0 Å². The van der Waals surface area contributed by atoms with E-state index in [-0.39, 0.29) is 5.91 Å². The van der Waals surface area contributed by atoms with Gasteiger partial charge in [-0.25, -0.2) is 0 Å². The molecule has 6 heteroatoms. The second-order valence-electron chi connectivity index (χ2n) is 5.13. The summed E-state index contributed by atoms with van der Waals surface area (Å²) in [5.41, 5.74) is 3.03. The lowest BCUT2D eigenvalue weighted by Gasteiger charge is -2.17. The highest BCUT2D eigenvalue weighted by Crippen LogP contribution is 2.06. The Balaban J connectivity index is 2.88. The summed E-state index contributed by atoms with van der Waals surface area (Å²) in [6.07, 6.45) is 5.48. The number of aromatic nitrogens is 1. The average molecular weight is 315 g/mol. The lowest BCUT2D eigenvalue weighted by Crippen LogP contribution is -2.36. The molecule has 1 aromatic heterocycles. The Morgan fingerprint density at radius 3 is 2.65 bits per heavy atom. The molecule has 1 aromatic rings. The van der Waals surface area contributed by atoms with Gasteiger partial charge in [0.2, 0.25) is 0 Å². The fraction of sp³-hybridized carbons (Fsp3) is 0.353. The predicted octanol–water partition coefficient (Wildman–Crippen LogP) is 2.07. The average Bonchev–Trinajstić information content (AvgIpc) is 2.59. The number of rotatable bonds is 8. The number of likely N-dealkylation sites (N-methyl/N-ethyl adjacent to an activating group) is 1. The molecule has 0 aromatic carbocycles. The van der Waals surface area contributed by atoms with Crippen LogP contribution in [0.4, 0.5) is 0 Å². The number of nitrogens with zero attached hydrogens (tertiary/aromatic N) is 1. The lowest BCUT2D eigenvalue weighted by molar-refractivity contribution is -0.117. The van der Waals surface area contributed by atoms with Crippen molar-refractivity contribution in [2.45, 2.75) is 33.7 Å². The van der Waals surface area contributed by atoms with Gasteiger partial charge < -0.3 is 21.4 Å². The van der Waals surface area contributed by atoms with Crippen LogP contribution in [0.3, 0.4) is 0 Å². The highest BCUT2D eigenvalue weighted by Gasteiger charge is 2.13. The second kappa shape index (κ2) is 9.40. The first-order valence-corrected chi connectivity index (χ1v) is 7.56. The third-order valence-electron chi connectivity index (χ3n) is 3.48. The largest absolute Gasteiger partial charge is 0.383 e. The van der Waals surface area contributed by atoms with Crippen LogP contribution in [-0.2, 0) is 11.3 Å². The summed E-state index contributed by atoms with van der Waals surface area (Å²) < 4.78 is 0. The Morgan fingerprint density at radius 2 is 2.13 bits per heavy atom. The zero-order chi connectivity index (χ0) is 17.2. The minimum atomic E-state index is -0.269. The van der Waals surface area contributed by atoms with Gasteiger partial charge in [-0.15, -0.1) is 0 Å². The Bertz CT molecular complexity index is 605. The molecule has 0 aliphatic carbocycles. The molecule has 0 radical (unpaired) electrons. The van der Waals surface area contributed by atoms with E-state index in [2.05, 4.69) is 20.9 Å². The van der Waals surface area contributed by atoms with E-state index in [0.29, 0.717) is 23.6 Å². The molecule has 6 nitrogen and oxygen atoms in total. The second-order valence-corrected chi connectivity index (χ2v) is 5.13. The van der Waals surface area contributed by atoms with Crippen molar-refractivity contribution in [1.82, 2.24) is 20.9 Å². The number of amides is 1. The van der Waals surface area contributed by atoms with Crippen molar-refractivity contribution in [2.24, 2.45) is 0 Å². The summed E-state index contributed by atoms with van der Waals surface area (Å²) in [6.45, 7) is 6.30. The van der Waals surface area contributed by atoms with Gasteiger partial charge in [0.1, 0.15) is 11.5 Å². The van der Waals surface area contributed by atoms with E-state index >= 15 is 0 Å². The molecule has 0 saturated heterocycles. The van der Waals surface area contributed by atoms with E-state index < -0.39 is 0 Å². The fourth-order valence-electron chi connectivity index (χ4n) is 1.91. The van der Waals surface area contributed by atoms with Gasteiger partial charge in [0, 0.05) is 32.2 Å². The first-order chi connectivity index (χ1) is 11.0. The first kappa shape index (κ1) is 18.4. The van der Waals surface area contributed by atoms with Gasteiger partial charge in [0.25, 0.3) is 5.91 Å². The first-order valence-electron chi connectivity index (χ1n) is 7.56. The topological polar surface area (TPSA) is 89.9 Å². The molecular weight excluding hydrogens is 290 g/mol. The zero-order valence-electron chi connectivity index (χ0n) is 14.2. The predicted molar refractivity (Wildman–Crippen MR) is 92.8 cm³/mol. The Labute approximate surface area is 137 Å². The van der Waals surface area contributed by atoms with Crippen molar-refractivity contribution < 1.29 is 4.79 Å². The number of pyridine rings is 1. The van der Waals surface area contributed by atoms with E-state index in [9.17, 15) is 4.79 Å². The summed E-state index contributed by atoms with van der Waals surface area (Å²) in [5, 5.41) is 16.3. The standard InChI is InChI=1S/C17H25N5O/c1-5-12(2)16(21-11-14-7-6-8-20-10-14)22-17(23)15(19-4)13(3)9-18/h6-10,18-19,21H,5,11H2,1-4H3,(H,22,23)/b15-13-,16-12-,18-9?. The van der Waals surface area contributed by atoms with Crippen LogP contribution in [0.1, 0.15) is 32.8 Å². The monoisotopic (exact) mass is 315 g/mol. The number of carbonyl (C=O) groups excluding carboxylic acids is 1. The zero-order valence-corrected chi connectivity index (χ0v) is 14.2. The van der Waals surface area contributed by atoms with Crippen LogP contribution in [0.5, 0.6) is 0 Å². The molecule has 0 unspecified atom stereocenters. The number of hydrogen-bond acceptors (Lipinski definition) is 5. The van der Waals surface area contributed by atoms with Crippen LogP contribution in [0.15, 0.2) is 47.2 Å². The van der Waals surface area contributed by atoms with Gasteiger partial charge in [-0.05, 0) is 43.0 Å². The van der Waals surface area contributed by atoms with Crippen molar-refractivity contribution in [3.63, 3.8) is 0 Å². The molecule has 1 amide bonds. The summed E-state index contributed by atoms with van der Waals surface area (Å²) in [4.78, 5) is 16.5. The van der Waals surface area contributed by atoms with Crippen molar-refractivity contribution in [1.29, 1.82) is 5.41 Å². The van der Waals surface area contributed by atoms with E-state index in [0.717, 1.165) is 23.8 Å². The highest BCUT2D eigenvalue weighted by atomic mass is 16.2. The smallest absolute Gasteiger partial charge is 0.273 e. The molecular formula is C17H25N5O. The van der Waals surface area contributed by atoms with Crippen molar-refractivity contribution in [3.05, 3.63) is 52.8 Å². The number of hydrogen-bond donors (Lipinski definition) is 4. The Morgan fingerprint density at radius 1 is 1.39 bits per heavy atom. The molecule has 4 N–H and O–H groups in total. The maximum absolute atomic E-state index is 12.4. The highest BCUT2D eigenvalue weighted by molar-refractivity contribution is 5.99. The summed E-state index contributed by atoms with van der Waals surface area (Å²) in [6, 6.07) is 3.85. The lowest BCUT2D eigenvalue weighted by atomic mass is 10.2. The van der Waals surface area contributed by atoms with E-state index in [1.54, 1.807) is 26.4 Å². The molecule has 0 saturated carbocycles. The molecule has 124 valence electrons. The van der Waals surface area contributed by atoms with E-state index in [1.807, 2.05) is 26.0 Å². The summed E-state index contributed by atoms with van der Waals surface area (Å²) in [7, 11) is 1.67. The minimum Gasteiger partial charge on any atom is -0.383 e. The molecule has 0 atom stereocenters. The molecule has 0 spiro atoms. The van der Waals surface area contributed by atoms with Gasteiger partial charge >= 0.3 is 0 Å². The molecule has 0 bridgehead atoms. The molecule has 0 aliphatic heterocycles. The number of allylic oxidation sites excluding steroid dienone is 2. The van der Waals surface area contributed by atoms with Gasteiger partial charge in [0.05, 0.1) is 0 Å². The fourth-order valence-corrected chi connectivity index (χ4v) is 1.91. The molecule has 0 aliphatic rings. The number of carbonyl (C=O) groups is 1. The third kappa shape index (κ3) is 5.58. The molecule has 23 heavy (non-hydrogen) atoms. The summed E-state index contributed by atoms with van der Waals surface area (Å²) >= 11 is 0. The minimum absolute atomic E-state index is 0.269. The SMILES string of the molecule is CC/C(C)=C(/NCc1cccnc1)NC(=O)/C(NC)=C(\C)C=N. The molecule has 0 fully saturated rings. The van der Waals surface area contributed by atoms with Crippen molar-refractivity contribution >= 4 is 12.1 Å². The normalized spacial score (nSPS) is 12.7. The molecule has 1 rings (SSSR count). The van der Waals surface area contributed by atoms with Gasteiger partial charge in [-0.3, -0.25) is 9.78 Å². The Hall–Kier alpha value is -2.63. The maximum atomic E-state index is 12.4.